The van der Waals surface area contributed by atoms with Crippen LogP contribution in [0.5, 0.6) is 11.5 Å². The number of benzene rings is 1. The highest BCUT2D eigenvalue weighted by molar-refractivity contribution is 7.80. The van der Waals surface area contributed by atoms with Gasteiger partial charge in [0.05, 0.1) is 0 Å². The maximum atomic E-state index is 10.5. The van der Waals surface area contributed by atoms with Gasteiger partial charge in [-0.3, -0.25) is 0 Å². The van der Waals surface area contributed by atoms with E-state index in [1.165, 1.54) is 0 Å². The molecule has 130 valence electrons. The van der Waals surface area contributed by atoms with Gasteiger partial charge in [0, 0.05) is 11.1 Å². The third-order valence-electron chi connectivity index (χ3n) is 2.92. The summed E-state index contributed by atoms with van der Waals surface area (Å²) in [6, 6.07) is 3.59. The summed E-state index contributed by atoms with van der Waals surface area (Å²) in [5.74, 6) is 0.885. The normalized spacial score (nSPS) is 11.2. The predicted octanol–water partition coefficient (Wildman–Crippen LogP) is 3.40. The molecule has 0 radical (unpaired) electrons. The van der Waals surface area contributed by atoms with Crippen LogP contribution in [0.3, 0.4) is 0 Å². The summed E-state index contributed by atoms with van der Waals surface area (Å²) in [4.78, 5) is 0. The summed E-state index contributed by atoms with van der Waals surface area (Å²) in [5, 5.41) is 17.5. The Balaban J connectivity index is 0.00000108. The molecule has 0 aromatic heterocycles. The molecule has 0 aliphatic heterocycles. The zero-order valence-electron chi connectivity index (χ0n) is 14.4. The van der Waals surface area contributed by atoms with E-state index in [9.17, 15) is 5.11 Å². The lowest BCUT2D eigenvalue weighted by atomic mass is 9.79. The summed E-state index contributed by atoms with van der Waals surface area (Å²) >= 11 is 8.65. The van der Waals surface area contributed by atoms with E-state index in [0.717, 1.165) is 11.1 Å². The molecule has 0 aliphatic rings. The minimum absolute atomic E-state index is 0.0228. The quantitative estimate of drug-likeness (QED) is 0.571. The highest BCUT2D eigenvalue weighted by Gasteiger charge is 2.27. The van der Waals surface area contributed by atoms with Gasteiger partial charge < -0.3 is 26.4 Å². The Labute approximate surface area is 148 Å². The Hall–Kier alpha value is -1.60. The molecule has 0 unspecified atom stereocenters. The lowest BCUT2D eigenvalue weighted by Crippen LogP contribution is -2.20. The number of hydrogen-bond acceptors (Lipinski definition) is 4. The number of phenols is 1. The van der Waals surface area contributed by atoms with Crippen LogP contribution in [0.1, 0.15) is 52.7 Å². The molecule has 0 saturated carbocycles. The molecule has 1 rings (SSSR count). The van der Waals surface area contributed by atoms with E-state index < -0.39 is 5.17 Å². The Morgan fingerprint density at radius 3 is 1.48 bits per heavy atom. The van der Waals surface area contributed by atoms with Gasteiger partial charge >= 0.3 is 0 Å². The Morgan fingerprint density at radius 2 is 1.26 bits per heavy atom. The third kappa shape index (κ3) is 7.47. The van der Waals surface area contributed by atoms with E-state index in [1.807, 2.05) is 41.5 Å². The Bertz CT molecular complexity index is 549. The van der Waals surface area contributed by atoms with E-state index in [2.05, 4.69) is 18.0 Å². The molecule has 0 fully saturated rings. The molecular formula is C16H26N2O3S2. The highest BCUT2D eigenvalue weighted by Crippen LogP contribution is 2.41. The highest BCUT2D eigenvalue weighted by atomic mass is 32.1. The van der Waals surface area contributed by atoms with Crippen molar-refractivity contribution in [1.82, 2.24) is 0 Å². The second kappa shape index (κ2) is 7.79. The van der Waals surface area contributed by atoms with Gasteiger partial charge in [0.15, 0.2) is 0 Å². The molecular weight excluding hydrogens is 332 g/mol. The van der Waals surface area contributed by atoms with Gasteiger partial charge in [0.25, 0.3) is 10.3 Å². The second-order valence-corrected chi connectivity index (χ2v) is 7.95. The number of aromatic hydroxyl groups is 1. The molecule has 0 atom stereocenters. The van der Waals surface area contributed by atoms with Gasteiger partial charge in [0.2, 0.25) is 0 Å². The van der Waals surface area contributed by atoms with Gasteiger partial charge in [-0.15, -0.1) is 0 Å². The number of phenolic OH excluding ortho intramolecular Hbond substituents is 1. The topological polar surface area (TPSA) is 102 Å². The molecule has 6 N–H and O–H groups in total. The van der Waals surface area contributed by atoms with Crippen molar-refractivity contribution >= 4 is 34.8 Å². The molecule has 0 amide bonds. The van der Waals surface area contributed by atoms with Crippen LogP contribution in [0.2, 0.25) is 0 Å². The number of aliphatic hydroxyl groups excluding tert-OH is 1. The second-order valence-electron chi connectivity index (χ2n) is 7.13. The number of rotatable bonds is 1. The molecule has 23 heavy (non-hydrogen) atoms. The van der Waals surface area contributed by atoms with Crippen molar-refractivity contribution in [2.24, 2.45) is 11.5 Å². The monoisotopic (exact) mass is 358 g/mol. The number of hydrogen-bond donors (Lipinski definition) is 4. The standard InChI is InChI=1S/C15H23NO2S.CH3NOS/c1-14(2,3)10-7-9(18-13(16)19)8-11(12(10)17)15(4,5)6;2-1(3)4/h7-8,17H,1-6H3,(H2,16,19);(H3,2,3,4). The van der Waals surface area contributed by atoms with Gasteiger partial charge in [-0.1, -0.05) is 41.5 Å². The fourth-order valence-corrected chi connectivity index (χ4v) is 2.02. The van der Waals surface area contributed by atoms with Crippen LogP contribution in [0.25, 0.3) is 0 Å². The summed E-state index contributed by atoms with van der Waals surface area (Å²) < 4.78 is 5.34. The minimum atomic E-state index is -0.500. The molecule has 0 bridgehead atoms. The van der Waals surface area contributed by atoms with Crippen LogP contribution in [-0.2, 0) is 10.8 Å². The maximum Gasteiger partial charge on any atom is 0.259 e. The first-order chi connectivity index (χ1) is 10.2. The van der Waals surface area contributed by atoms with Crippen molar-refractivity contribution in [1.29, 1.82) is 0 Å². The molecule has 0 spiro atoms. The summed E-state index contributed by atoms with van der Waals surface area (Å²) in [6.45, 7) is 12.2. The van der Waals surface area contributed by atoms with Crippen molar-refractivity contribution in [3.05, 3.63) is 23.3 Å². The number of ether oxygens (including phenoxy) is 1. The third-order valence-corrected chi connectivity index (χ3v) is 3.00. The summed E-state index contributed by atoms with van der Waals surface area (Å²) in [7, 11) is 0. The number of aliphatic hydroxyl groups is 1. The maximum absolute atomic E-state index is 10.5. The zero-order valence-corrected chi connectivity index (χ0v) is 16.1. The average molecular weight is 359 g/mol. The SMILES string of the molecule is CC(C)(C)c1cc(OC(N)=S)cc(C(C)(C)C)c1O.NC(O)=S. The Kier molecular flexibility index (Phi) is 7.25. The van der Waals surface area contributed by atoms with Gasteiger partial charge in [-0.2, -0.15) is 0 Å². The van der Waals surface area contributed by atoms with Crippen LogP contribution in [0, 0.1) is 0 Å². The lowest BCUT2D eigenvalue weighted by molar-refractivity contribution is 0.419. The van der Waals surface area contributed by atoms with Crippen LogP contribution >= 0.6 is 24.4 Å². The first-order valence-electron chi connectivity index (χ1n) is 7.00. The number of nitrogens with two attached hydrogens (primary N) is 2. The first-order valence-corrected chi connectivity index (χ1v) is 7.81. The van der Waals surface area contributed by atoms with Crippen molar-refractivity contribution in [2.75, 3.05) is 0 Å². The lowest BCUT2D eigenvalue weighted by Gasteiger charge is -2.27. The van der Waals surface area contributed by atoms with Crippen molar-refractivity contribution in [2.45, 2.75) is 52.4 Å². The van der Waals surface area contributed by atoms with Crippen LogP contribution in [0.4, 0.5) is 0 Å². The smallest absolute Gasteiger partial charge is 0.259 e. The van der Waals surface area contributed by atoms with E-state index in [-0.39, 0.29) is 16.0 Å². The molecule has 0 aliphatic carbocycles. The van der Waals surface area contributed by atoms with Gasteiger partial charge in [-0.05, 0) is 47.4 Å². The molecule has 1 aromatic rings. The molecule has 1 aromatic carbocycles. The summed E-state index contributed by atoms with van der Waals surface area (Å²) in [5.41, 5.74) is 11.1. The fourth-order valence-electron chi connectivity index (χ4n) is 1.93. The number of thiocarbonyl (C=S) groups is 2. The Morgan fingerprint density at radius 1 is 0.957 bits per heavy atom. The average Bonchev–Trinajstić information content (AvgIpc) is 2.26. The first kappa shape index (κ1) is 21.4. The van der Waals surface area contributed by atoms with Crippen molar-refractivity contribution < 1.29 is 14.9 Å². The van der Waals surface area contributed by atoms with E-state index in [0.29, 0.717) is 11.5 Å². The van der Waals surface area contributed by atoms with E-state index in [1.54, 1.807) is 12.1 Å². The van der Waals surface area contributed by atoms with E-state index in [4.69, 9.17) is 27.8 Å². The van der Waals surface area contributed by atoms with E-state index >= 15 is 0 Å². The molecule has 0 heterocycles. The minimum Gasteiger partial charge on any atom is -0.507 e. The van der Waals surface area contributed by atoms with Gasteiger partial charge in [0.1, 0.15) is 11.5 Å². The van der Waals surface area contributed by atoms with Crippen LogP contribution in [0.15, 0.2) is 12.1 Å². The van der Waals surface area contributed by atoms with Crippen LogP contribution < -0.4 is 16.2 Å². The van der Waals surface area contributed by atoms with Gasteiger partial charge in [-0.25, -0.2) is 0 Å². The largest absolute Gasteiger partial charge is 0.507 e. The summed E-state index contributed by atoms with van der Waals surface area (Å²) in [6.07, 6.45) is 0. The zero-order chi connectivity index (χ0) is 18.6. The van der Waals surface area contributed by atoms with Crippen LogP contribution in [-0.4, -0.2) is 20.6 Å². The van der Waals surface area contributed by atoms with Crippen molar-refractivity contribution in [3.63, 3.8) is 0 Å². The van der Waals surface area contributed by atoms with Crippen molar-refractivity contribution in [3.8, 4) is 11.5 Å². The molecule has 5 nitrogen and oxygen atoms in total. The fraction of sp³-hybridized carbons (Fsp3) is 0.500. The molecule has 7 heteroatoms. The molecule has 0 saturated heterocycles. The predicted molar refractivity (Wildman–Crippen MR) is 102 cm³/mol.